The first-order chi connectivity index (χ1) is 8.65. The molecule has 2 rings (SSSR count). The van der Waals surface area contributed by atoms with E-state index in [2.05, 4.69) is 15.9 Å². The van der Waals surface area contributed by atoms with Crippen molar-refractivity contribution < 1.29 is 9.84 Å². The van der Waals surface area contributed by atoms with Crippen molar-refractivity contribution in [3.8, 4) is 11.5 Å². The van der Waals surface area contributed by atoms with Gasteiger partial charge < -0.3 is 15.6 Å². The lowest BCUT2D eigenvalue weighted by Crippen LogP contribution is -1.85. The van der Waals surface area contributed by atoms with Gasteiger partial charge in [-0.05, 0) is 48.5 Å². The zero-order chi connectivity index (χ0) is 13.0. The minimum absolute atomic E-state index is 0.204. The molecule has 0 saturated heterocycles. The SMILES string of the molecule is Nc1ccc(OC=Cc2cc(Br)ccc2O)cc1. The molecular formula is C14H12BrNO2. The number of hydrogen-bond acceptors (Lipinski definition) is 3. The van der Waals surface area contributed by atoms with Crippen LogP contribution in [-0.4, -0.2) is 5.11 Å². The molecule has 0 aliphatic heterocycles. The predicted molar refractivity (Wildman–Crippen MR) is 76.3 cm³/mol. The van der Waals surface area contributed by atoms with Gasteiger partial charge in [-0.25, -0.2) is 0 Å². The van der Waals surface area contributed by atoms with E-state index >= 15 is 0 Å². The molecule has 3 nitrogen and oxygen atoms in total. The van der Waals surface area contributed by atoms with Crippen molar-refractivity contribution >= 4 is 27.7 Å². The van der Waals surface area contributed by atoms with Crippen LogP contribution in [0.1, 0.15) is 5.56 Å². The fourth-order valence-corrected chi connectivity index (χ4v) is 1.77. The Morgan fingerprint density at radius 2 is 1.83 bits per heavy atom. The van der Waals surface area contributed by atoms with Crippen molar-refractivity contribution in [2.75, 3.05) is 5.73 Å². The number of ether oxygens (including phenoxy) is 1. The summed E-state index contributed by atoms with van der Waals surface area (Å²) in [6.45, 7) is 0. The van der Waals surface area contributed by atoms with Gasteiger partial charge >= 0.3 is 0 Å². The minimum atomic E-state index is 0.204. The lowest BCUT2D eigenvalue weighted by molar-refractivity contribution is 0.471. The molecule has 0 spiro atoms. The van der Waals surface area contributed by atoms with E-state index < -0.39 is 0 Å². The summed E-state index contributed by atoms with van der Waals surface area (Å²) in [7, 11) is 0. The molecule has 2 aromatic carbocycles. The summed E-state index contributed by atoms with van der Waals surface area (Å²) < 4.78 is 6.29. The molecule has 4 heteroatoms. The second-order valence-corrected chi connectivity index (χ2v) is 4.61. The molecule has 18 heavy (non-hydrogen) atoms. The highest BCUT2D eigenvalue weighted by atomic mass is 79.9. The van der Waals surface area contributed by atoms with Gasteiger partial charge in [-0.3, -0.25) is 0 Å². The van der Waals surface area contributed by atoms with Crippen molar-refractivity contribution in [1.29, 1.82) is 0 Å². The Hall–Kier alpha value is -1.94. The van der Waals surface area contributed by atoms with Gasteiger partial charge in [0.1, 0.15) is 11.5 Å². The Morgan fingerprint density at radius 1 is 1.11 bits per heavy atom. The highest BCUT2D eigenvalue weighted by Gasteiger charge is 1.97. The number of anilines is 1. The summed E-state index contributed by atoms with van der Waals surface area (Å²) in [5, 5.41) is 9.62. The molecule has 92 valence electrons. The molecule has 0 aliphatic carbocycles. The Bertz CT molecular complexity index is 565. The summed E-state index contributed by atoms with van der Waals surface area (Å²) >= 11 is 3.34. The Labute approximate surface area is 114 Å². The molecule has 3 N–H and O–H groups in total. The average molecular weight is 306 g/mol. The smallest absolute Gasteiger partial charge is 0.126 e. The van der Waals surface area contributed by atoms with Gasteiger partial charge in [-0.1, -0.05) is 15.9 Å². The van der Waals surface area contributed by atoms with E-state index in [0.717, 1.165) is 4.47 Å². The molecule has 0 fully saturated rings. The van der Waals surface area contributed by atoms with Crippen molar-refractivity contribution in [1.82, 2.24) is 0 Å². The molecule has 0 saturated carbocycles. The lowest BCUT2D eigenvalue weighted by atomic mass is 10.2. The third kappa shape index (κ3) is 3.28. The fraction of sp³-hybridized carbons (Fsp3) is 0. The highest BCUT2D eigenvalue weighted by Crippen LogP contribution is 2.23. The summed E-state index contributed by atoms with van der Waals surface area (Å²) in [6, 6.07) is 12.3. The maximum absolute atomic E-state index is 9.62. The van der Waals surface area contributed by atoms with Crippen LogP contribution in [0, 0.1) is 0 Å². The van der Waals surface area contributed by atoms with Crippen LogP contribution in [0.2, 0.25) is 0 Å². The number of rotatable bonds is 3. The number of nitrogen functional groups attached to an aromatic ring is 1. The van der Waals surface area contributed by atoms with Gasteiger partial charge in [0.2, 0.25) is 0 Å². The first-order valence-corrected chi connectivity index (χ1v) is 6.12. The minimum Gasteiger partial charge on any atom is -0.507 e. The number of halogens is 1. The van der Waals surface area contributed by atoms with Crippen LogP contribution in [0.15, 0.2) is 53.2 Å². The summed E-state index contributed by atoms with van der Waals surface area (Å²) in [4.78, 5) is 0. The van der Waals surface area contributed by atoms with E-state index in [1.54, 1.807) is 48.5 Å². The number of aromatic hydroxyl groups is 1. The normalized spacial score (nSPS) is 10.7. The first-order valence-electron chi connectivity index (χ1n) is 5.32. The molecule has 2 aromatic rings. The second kappa shape index (κ2) is 5.60. The van der Waals surface area contributed by atoms with Gasteiger partial charge in [-0.2, -0.15) is 0 Å². The standard InChI is InChI=1S/C14H12BrNO2/c15-11-1-6-14(17)10(9-11)7-8-18-13-4-2-12(16)3-5-13/h1-9,17H,16H2. The molecule has 0 aromatic heterocycles. The first kappa shape index (κ1) is 12.5. The molecular weight excluding hydrogens is 294 g/mol. The Balaban J connectivity index is 2.07. The summed E-state index contributed by atoms with van der Waals surface area (Å²) in [5.41, 5.74) is 6.94. The molecule has 0 unspecified atom stereocenters. The van der Waals surface area contributed by atoms with Crippen molar-refractivity contribution in [3.05, 3.63) is 58.8 Å². The van der Waals surface area contributed by atoms with E-state index in [9.17, 15) is 5.11 Å². The van der Waals surface area contributed by atoms with E-state index in [4.69, 9.17) is 10.5 Å². The van der Waals surface area contributed by atoms with Gasteiger partial charge in [0.25, 0.3) is 0 Å². The van der Waals surface area contributed by atoms with Gasteiger partial charge in [-0.15, -0.1) is 0 Å². The Morgan fingerprint density at radius 3 is 2.56 bits per heavy atom. The third-order valence-corrected chi connectivity index (χ3v) is 2.81. The topological polar surface area (TPSA) is 55.5 Å². The maximum Gasteiger partial charge on any atom is 0.126 e. The van der Waals surface area contributed by atoms with Crippen LogP contribution < -0.4 is 10.5 Å². The number of phenols is 1. The zero-order valence-corrected chi connectivity index (χ0v) is 11.1. The molecule has 0 atom stereocenters. The van der Waals surface area contributed by atoms with Crippen LogP contribution in [0.4, 0.5) is 5.69 Å². The molecule has 0 bridgehead atoms. The van der Waals surface area contributed by atoms with Gasteiger partial charge in [0.15, 0.2) is 0 Å². The predicted octanol–water partition coefficient (Wildman–Crippen LogP) is 3.79. The molecule has 0 heterocycles. The number of phenolic OH excluding ortho intramolecular Hbond substituents is 1. The van der Waals surface area contributed by atoms with Crippen LogP contribution in [0.5, 0.6) is 11.5 Å². The average Bonchev–Trinajstić information content (AvgIpc) is 2.36. The summed E-state index contributed by atoms with van der Waals surface area (Å²) in [6.07, 6.45) is 3.21. The van der Waals surface area contributed by atoms with Crippen LogP contribution in [0.25, 0.3) is 6.08 Å². The van der Waals surface area contributed by atoms with E-state index in [0.29, 0.717) is 17.0 Å². The second-order valence-electron chi connectivity index (χ2n) is 3.69. The highest BCUT2D eigenvalue weighted by molar-refractivity contribution is 9.10. The quantitative estimate of drug-likeness (QED) is 0.670. The molecule has 0 amide bonds. The van der Waals surface area contributed by atoms with Crippen LogP contribution in [0.3, 0.4) is 0 Å². The van der Waals surface area contributed by atoms with Crippen LogP contribution >= 0.6 is 15.9 Å². The largest absolute Gasteiger partial charge is 0.507 e. The van der Waals surface area contributed by atoms with Gasteiger partial charge in [0, 0.05) is 15.7 Å². The number of benzene rings is 2. The van der Waals surface area contributed by atoms with Crippen molar-refractivity contribution in [2.24, 2.45) is 0 Å². The maximum atomic E-state index is 9.62. The van der Waals surface area contributed by atoms with Crippen LogP contribution in [-0.2, 0) is 0 Å². The zero-order valence-electron chi connectivity index (χ0n) is 9.51. The Kier molecular flexibility index (Phi) is 3.89. The van der Waals surface area contributed by atoms with Gasteiger partial charge in [0.05, 0.1) is 6.26 Å². The lowest BCUT2D eigenvalue weighted by Gasteiger charge is -2.02. The van der Waals surface area contributed by atoms with E-state index in [1.807, 2.05) is 0 Å². The number of hydrogen-bond donors (Lipinski definition) is 2. The molecule has 0 aliphatic rings. The number of nitrogens with two attached hydrogens (primary N) is 1. The van der Waals surface area contributed by atoms with Crippen molar-refractivity contribution in [2.45, 2.75) is 0 Å². The third-order valence-electron chi connectivity index (χ3n) is 2.32. The van der Waals surface area contributed by atoms with Crippen molar-refractivity contribution in [3.63, 3.8) is 0 Å². The van der Waals surface area contributed by atoms with E-state index in [-0.39, 0.29) is 5.75 Å². The van der Waals surface area contributed by atoms with E-state index in [1.165, 1.54) is 6.26 Å². The fourth-order valence-electron chi connectivity index (χ4n) is 1.39. The summed E-state index contributed by atoms with van der Waals surface area (Å²) in [5.74, 6) is 0.894. The molecule has 0 radical (unpaired) electrons. The monoisotopic (exact) mass is 305 g/mol.